The van der Waals surface area contributed by atoms with Gasteiger partial charge in [-0.05, 0) is 44.2 Å². The summed E-state index contributed by atoms with van der Waals surface area (Å²) in [5, 5.41) is 16.3. The second-order valence-corrected chi connectivity index (χ2v) is 7.66. The molecule has 34 heavy (non-hydrogen) atoms. The summed E-state index contributed by atoms with van der Waals surface area (Å²) in [7, 11) is 0. The molecule has 1 rings (SSSR count). The number of carbonyl (C=O) groups is 5. The standard InChI is InChI=1S/C23H34N4O7/c1-2-14-25-22(32)20(30)17(10-6-7-13-24)26-21(31)18(11-12-19(28)29)27-23(33)34-15-16-8-4-3-5-9-16/h3-5,8-9,17-18H,2,6-7,10-15,24H2,1H3,(H,25,32)(H,26,31)(H,27,33)(H,28,29)/t17-,18-/m0/s1. The summed E-state index contributed by atoms with van der Waals surface area (Å²) in [5.74, 6) is -3.58. The Hall–Kier alpha value is -3.47. The Balaban J connectivity index is 2.85. The maximum absolute atomic E-state index is 12.9. The molecule has 0 aliphatic heterocycles. The van der Waals surface area contributed by atoms with Gasteiger partial charge in [-0.1, -0.05) is 37.3 Å². The van der Waals surface area contributed by atoms with E-state index in [9.17, 15) is 24.0 Å². The molecule has 1 aromatic carbocycles. The highest BCUT2D eigenvalue weighted by molar-refractivity contribution is 6.38. The van der Waals surface area contributed by atoms with Gasteiger partial charge in [-0.25, -0.2) is 4.79 Å². The fourth-order valence-electron chi connectivity index (χ4n) is 2.96. The molecule has 2 atom stereocenters. The minimum atomic E-state index is -1.28. The Morgan fingerprint density at radius 1 is 1.00 bits per heavy atom. The second kappa shape index (κ2) is 16.2. The molecular formula is C23H34N4O7. The smallest absolute Gasteiger partial charge is 0.408 e. The Morgan fingerprint density at radius 3 is 2.32 bits per heavy atom. The van der Waals surface area contributed by atoms with Gasteiger partial charge in [-0.15, -0.1) is 0 Å². The first-order chi connectivity index (χ1) is 16.3. The molecule has 0 spiro atoms. The minimum Gasteiger partial charge on any atom is -0.481 e. The van der Waals surface area contributed by atoms with Crippen LogP contribution in [0, 0.1) is 0 Å². The quantitative estimate of drug-likeness (QED) is 0.171. The lowest BCUT2D eigenvalue weighted by Crippen LogP contribution is -2.54. The molecule has 0 bridgehead atoms. The number of alkyl carbamates (subject to hydrolysis) is 1. The molecule has 0 saturated carbocycles. The summed E-state index contributed by atoms with van der Waals surface area (Å²) in [5.41, 5.74) is 6.22. The molecule has 188 valence electrons. The predicted octanol–water partition coefficient (Wildman–Crippen LogP) is 0.855. The number of carbonyl (C=O) groups excluding carboxylic acids is 4. The Kier molecular flexibility index (Phi) is 13.6. The fourth-order valence-corrected chi connectivity index (χ4v) is 2.96. The van der Waals surface area contributed by atoms with Gasteiger partial charge in [0.25, 0.3) is 5.91 Å². The average molecular weight is 479 g/mol. The second-order valence-electron chi connectivity index (χ2n) is 7.66. The predicted molar refractivity (Wildman–Crippen MR) is 124 cm³/mol. The van der Waals surface area contributed by atoms with Crippen LogP contribution in [0.2, 0.25) is 0 Å². The summed E-state index contributed by atoms with van der Waals surface area (Å²) in [6.07, 6.45) is 0.332. The van der Waals surface area contributed by atoms with E-state index >= 15 is 0 Å². The van der Waals surface area contributed by atoms with Crippen LogP contribution in [0.25, 0.3) is 0 Å². The summed E-state index contributed by atoms with van der Waals surface area (Å²) < 4.78 is 5.11. The number of hydrogen-bond donors (Lipinski definition) is 5. The van der Waals surface area contributed by atoms with Crippen LogP contribution in [0.15, 0.2) is 30.3 Å². The number of Topliss-reactive ketones (excluding diaryl/α,β-unsaturated/α-hetero) is 1. The average Bonchev–Trinajstić information content (AvgIpc) is 2.83. The molecule has 11 nitrogen and oxygen atoms in total. The summed E-state index contributed by atoms with van der Waals surface area (Å²) in [6.45, 7) is 2.48. The van der Waals surface area contributed by atoms with E-state index in [1.807, 2.05) is 13.0 Å². The lowest BCUT2D eigenvalue weighted by molar-refractivity contribution is -0.140. The fraction of sp³-hybridized carbons (Fsp3) is 0.522. The molecule has 0 unspecified atom stereocenters. The number of nitrogens with two attached hydrogens (primary N) is 1. The van der Waals surface area contributed by atoms with Crippen LogP contribution in [0.5, 0.6) is 0 Å². The van der Waals surface area contributed by atoms with Crippen LogP contribution in [-0.4, -0.2) is 59.9 Å². The van der Waals surface area contributed by atoms with Crippen molar-refractivity contribution in [3.05, 3.63) is 35.9 Å². The van der Waals surface area contributed by atoms with E-state index < -0.39 is 48.2 Å². The van der Waals surface area contributed by atoms with Gasteiger partial charge in [0.1, 0.15) is 12.6 Å². The van der Waals surface area contributed by atoms with Crippen LogP contribution in [0.4, 0.5) is 4.79 Å². The summed E-state index contributed by atoms with van der Waals surface area (Å²) in [6, 6.07) is 6.46. The van der Waals surface area contributed by atoms with Gasteiger partial charge in [0.15, 0.2) is 0 Å². The highest BCUT2D eigenvalue weighted by Gasteiger charge is 2.30. The first-order valence-electron chi connectivity index (χ1n) is 11.3. The van der Waals surface area contributed by atoms with E-state index in [2.05, 4.69) is 16.0 Å². The molecule has 0 aliphatic rings. The van der Waals surface area contributed by atoms with Crippen molar-refractivity contribution in [2.45, 2.75) is 64.1 Å². The van der Waals surface area contributed by atoms with Gasteiger partial charge in [0.2, 0.25) is 11.7 Å². The lowest BCUT2D eigenvalue weighted by atomic mass is 10.0. The molecule has 0 heterocycles. The van der Waals surface area contributed by atoms with Crippen LogP contribution < -0.4 is 21.7 Å². The van der Waals surface area contributed by atoms with E-state index in [-0.39, 0.29) is 19.4 Å². The van der Waals surface area contributed by atoms with Gasteiger partial charge in [-0.3, -0.25) is 19.2 Å². The number of hydrogen-bond acceptors (Lipinski definition) is 7. The SMILES string of the molecule is CCCNC(=O)C(=O)[C@H](CCCCN)NC(=O)[C@H](CCC(=O)O)NC(=O)OCc1ccccc1. The maximum Gasteiger partial charge on any atom is 0.408 e. The van der Waals surface area contributed by atoms with E-state index in [1.54, 1.807) is 24.3 Å². The van der Waals surface area contributed by atoms with Gasteiger partial charge in [0, 0.05) is 13.0 Å². The van der Waals surface area contributed by atoms with E-state index in [1.165, 1.54) is 0 Å². The summed E-state index contributed by atoms with van der Waals surface area (Å²) in [4.78, 5) is 60.8. The topological polar surface area (TPSA) is 177 Å². The third kappa shape index (κ3) is 11.4. The van der Waals surface area contributed by atoms with Gasteiger partial charge < -0.3 is 31.5 Å². The van der Waals surface area contributed by atoms with Gasteiger partial charge in [-0.2, -0.15) is 0 Å². The third-order valence-electron chi connectivity index (χ3n) is 4.81. The van der Waals surface area contributed by atoms with E-state index in [0.29, 0.717) is 32.4 Å². The van der Waals surface area contributed by atoms with Crippen LogP contribution >= 0.6 is 0 Å². The highest BCUT2D eigenvalue weighted by atomic mass is 16.5. The molecule has 0 aromatic heterocycles. The van der Waals surface area contributed by atoms with Gasteiger partial charge in [0.05, 0.1) is 6.04 Å². The number of rotatable bonds is 16. The van der Waals surface area contributed by atoms with Gasteiger partial charge >= 0.3 is 12.1 Å². The number of ketones is 1. The molecule has 0 aliphatic carbocycles. The molecular weight excluding hydrogens is 444 g/mol. The van der Waals surface area contributed by atoms with Crippen molar-refractivity contribution in [1.82, 2.24) is 16.0 Å². The lowest BCUT2D eigenvalue weighted by Gasteiger charge is -2.22. The van der Waals surface area contributed by atoms with Crippen molar-refractivity contribution in [3.8, 4) is 0 Å². The van der Waals surface area contributed by atoms with Crippen molar-refractivity contribution < 1.29 is 33.8 Å². The van der Waals surface area contributed by atoms with Crippen LogP contribution in [0.3, 0.4) is 0 Å². The summed E-state index contributed by atoms with van der Waals surface area (Å²) >= 11 is 0. The number of ether oxygens (including phenoxy) is 1. The number of benzene rings is 1. The normalized spacial score (nSPS) is 12.2. The van der Waals surface area contributed by atoms with E-state index in [4.69, 9.17) is 15.6 Å². The van der Waals surface area contributed by atoms with E-state index in [0.717, 1.165) is 5.56 Å². The van der Waals surface area contributed by atoms with Crippen molar-refractivity contribution in [2.75, 3.05) is 13.1 Å². The van der Waals surface area contributed by atoms with Crippen molar-refractivity contribution in [3.63, 3.8) is 0 Å². The Morgan fingerprint density at radius 2 is 1.71 bits per heavy atom. The molecule has 3 amide bonds. The largest absolute Gasteiger partial charge is 0.481 e. The maximum atomic E-state index is 12.9. The Labute approximate surface area is 198 Å². The molecule has 1 aromatic rings. The molecule has 0 radical (unpaired) electrons. The van der Waals surface area contributed by atoms with Crippen LogP contribution in [0.1, 0.15) is 51.0 Å². The number of aliphatic carboxylic acids is 1. The number of unbranched alkanes of at least 4 members (excludes halogenated alkanes) is 1. The van der Waals surface area contributed by atoms with Crippen molar-refractivity contribution in [1.29, 1.82) is 0 Å². The first-order valence-corrected chi connectivity index (χ1v) is 11.3. The zero-order valence-corrected chi connectivity index (χ0v) is 19.4. The monoisotopic (exact) mass is 478 g/mol. The molecule has 0 saturated heterocycles. The third-order valence-corrected chi connectivity index (χ3v) is 4.81. The molecule has 6 N–H and O–H groups in total. The number of nitrogens with one attached hydrogen (secondary N) is 3. The minimum absolute atomic E-state index is 0.0439. The number of carboxylic acids is 1. The van der Waals surface area contributed by atoms with Crippen molar-refractivity contribution in [2.24, 2.45) is 5.73 Å². The van der Waals surface area contributed by atoms with Crippen molar-refractivity contribution >= 4 is 29.7 Å². The highest BCUT2D eigenvalue weighted by Crippen LogP contribution is 2.07. The zero-order chi connectivity index (χ0) is 25.3. The molecule has 11 heteroatoms. The zero-order valence-electron chi connectivity index (χ0n) is 19.4. The Bertz CT molecular complexity index is 817. The van der Waals surface area contributed by atoms with Crippen LogP contribution in [-0.2, 0) is 30.5 Å². The molecule has 0 fully saturated rings. The number of carboxylic acid groups (broad SMARTS) is 1. The first kappa shape index (κ1) is 28.6. The number of amides is 3.